The zero-order valence-corrected chi connectivity index (χ0v) is 26.4. The fourth-order valence-electron chi connectivity index (χ4n) is 5.25. The lowest BCUT2D eigenvalue weighted by Gasteiger charge is -2.39. The monoisotopic (exact) mass is 601 g/mol. The van der Waals surface area contributed by atoms with Crippen LogP contribution in [0.15, 0.2) is 48.7 Å². The average molecular weight is 602 g/mol. The number of nitrogens with zero attached hydrogens (tertiary/aromatic N) is 5. The van der Waals surface area contributed by atoms with Crippen molar-refractivity contribution < 1.29 is 28.8 Å². The van der Waals surface area contributed by atoms with Crippen molar-refractivity contribution in [1.29, 1.82) is 5.26 Å². The molecule has 0 spiro atoms. The van der Waals surface area contributed by atoms with Gasteiger partial charge in [0, 0.05) is 35.2 Å². The lowest BCUT2D eigenvalue weighted by Crippen LogP contribution is -2.38. The summed E-state index contributed by atoms with van der Waals surface area (Å²) in [4.78, 5) is 15.7. The largest absolute Gasteiger partial charge is 0.489 e. The summed E-state index contributed by atoms with van der Waals surface area (Å²) in [5.74, 6) is 0.738. The number of aromatic nitrogens is 3. The third kappa shape index (κ3) is 6.77. The molecule has 232 valence electrons. The van der Waals surface area contributed by atoms with E-state index in [-0.39, 0.29) is 30.2 Å². The van der Waals surface area contributed by atoms with Gasteiger partial charge in [-0.15, -0.1) is 0 Å². The van der Waals surface area contributed by atoms with E-state index in [2.05, 4.69) is 16.0 Å². The van der Waals surface area contributed by atoms with Crippen LogP contribution in [0.5, 0.6) is 29.3 Å². The van der Waals surface area contributed by atoms with E-state index in [1.54, 1.807) is 36.5 Å². The number of benzene rings is 1. The molecule has 0 aliphatic heterocycles. The fraction of sp³-hybridized carbons (Fsp3) is 0.394. The van der Waals surface area contributed by atoms with Crippen molar-refractivity contribution in [3.05, 3.63) is 70.9 Å². The Morgan fingerprint density at radius 3 is 2.11 bits per heavy atom. The van der Waals surface area contributed by atoms with Gasteiger partial charge in [-0.1, -0.05) is 0 Å². The summed E-state index contributed by atoms with van der Waals surface area (Å²) in [6, 6.07) is 14.5. The maximum atomic E-state index is 13.2. The van der Waals surface area contributed by atoms with Crippen molar-refractivity contribution >= 4 is 10.9 Å². The summed E-state index contributed by atoms with van der Waals surface area (Å²) < 4.78 is 28.7. The molecule has 0 radical (unpaired) electrons. The second kappa shape index (κ2) is 13.8. The SMILES string of the molecule is COc1cc(C(O)(CCN(C)C)C(c2cc(OC(C)C)cnc2OC)c2cc3cc(C#N)ccc3nc2OC)cc(OC)n1. The quantitative estimate of drug-likeness (QED) is 0.229. The van der Waals surface area contributed by atoms with Crippen molar-refractivity contribution in [2.45, 2.75) is 37.9 Å². The Morgan fingerprint density at radius 2 is 1.55 bits per heavy atom. The minimum Gasteiger partial charge on any atom is -0.489 e. The topological polar surface area (TPSA) is 132 Å². The molecule has 3 heterocycles. The summed E-state index contributed by atoms with van der Waals surface area (Å²) in [6.45, 7) is 4.35. The summed E-state index contributed by atoms with van der Waals surface area (Å²) in [5.41, 5.74) is 1.03. The Morgan fingerprint density at radius 1 is 0.886 bits per heavy atom. The molecule has 4 rings (SSSR count). The van der Waals surface area contributed by atoms with Crippen molar-refractivity contribution in [2.75, 3.05) is 49.1 Å². The van der Waals surface area contributed by atoms with Crippen molar-refractivity contribution in [1.82, 2.24) is 19.9 Å². The molecule has 0 bridgehead atoms. The smallest absolute Gasteiger partial charge is 0.217 e. The highest BCUT2D eigenvalue weighted by Crippen LogP contribution is 2.50. The molecule has 3 aromatic heterocycles. The summed E-state index contributed by atoms with van der Waals surface area (Å²) in [6.07, 6.45) is 1.71. The molecule has 1 aromatic carbocycles. The highest BCUT2D eigenvalue weighted by Gasteiger charge is 2.45. The van der Waals surface area contributed by atoms with Gasteiger partial charge in [-0.3, -0.25) is 0 Å². The van der Waals surface area contributed by atoms with Gasteiger partial charge in [-0.2, -0.15) is 10.2 Å². The molecule has 0 saturated heterocycles. The predicted molar refractivity (Wildman–Crippen MR) is 166 cm³/mol. The van der Waals surface area contributed by atoms with Crippen LogP contribution < -0.4 is 23.7 Å². The minimum absolute atomic E-state index is 0.126. The Balaban J connectivity index is 2.16. The standard InChI is InChI=1S/C33H39N5O6/c1-20(2)44-24-17-26(31(42-7)35-19-24)30(25-14-22-13-21(18-34)9-10-27(22)36-32(25)43-8)33(39,11-12-38(3)4)23-15-28(40-5)37-29(16-23)41-6/h9-10,13-17,19-20,30,39H,11-12H2,1-8H3. The van der Waals surface area contributed by atoms with Crippen LogP contribution in [0.3, 0.4) is 0 Å². The maximum Gasteiger partial charge on any atom is 0.217 e. The third-order valence-electron chi connectivity index (χ3n) is 7.29. The van der Waals surface area contributed by atoms with Gasteiger partial charge in [-0.05, 0) is 70.3 Å². The first-order chi connectivity index (χ1) is 21.1. The van der Waals surface area contributed by atoms with Crippen LogP contribution in [0.2, 0.25) is 0 Å². The van der Waals surface area contributed by atoms with Crippen molar-refractivity contribution in [3.8, 4) is 35.3 Å². The first kappa shape index (κ1) is 32.3. The maximum absolute atomic E-state index is 13.2. The number of nitriles is 1. The number of fused-ring (bicyclic) bond motifs is 1. The van der Waals surface area contributed by atoms with Gasteiger partial charge < -0.3 is 33.7 Å². The first-order valence-electron chi connectivity index (χ1n) is 14.1. The molecule has 11 heteroatoms. The van der Waals surface area contributed by atoms with Gasteiger partial charge in [0.25, 0.3) is 0 Å². The number of hydrogen-bond acceptors (Lipinski definition) is 11. The molecule has 0 aliphatic carbocycles. The van der Waals surface area contributed by atoms with Crippen LogP contribution in [-0.4, -0.2) is 80.1 Å². The zero-order valence-electron chi connectivity index (χ0n) is 26.4. The van der Waals surface area contributed by atoms with Gasteiger partial charge in [0.15, 0.2) is 0 Å². The highest BCUT2D eigenvalue weighted by atomic mass is 16.5. The Kier molecular flexibility index (Phi) is 10.1. The number of ether oxygens (including phenoxy) is 5. The molecule has 1 N–H and O–H groups in total. The van der Waals surface area contributed by atoms with Gasteiger partial charge in [0.05, 0.1) is 63.8 Å². The Hall–Kier alpha value is -4.66. The Labute approximate surface area is 258 Å². The molecule has 2 atom stereocenters. The number of methoxy groups -OCH3 is 4. The first-order valence-corrected chi connectivity index (χ1v) is 14.1. The van der Waals surface area contributed by atoms with Crippen LogP contribution >= 0.6 is 0 Å². The normalized spacial score (nSPS) is 13.3. The molecule has 0 fully saturated rings. The molecular weight excluding hydrogens is 562 g/mol. The molecule has 0 amide bonds. The molecular formula is C33H39N5O6. The lowest BCUT2D eigenvalue weighted by molar-refractivity contribution is 0.00252. The molecule has 4 aromatic rings. The van der Waals surface area contributed by atoms with Crippen LogP contribution in [-0.2, 0) is 5.60 Å². The van der Waals surface area contributed by atoms with E-state index in [0.717, 1.165) is 0 Å². The molecule has 0 aliphatic rings. The lowest BCUT2D eigenvalue weighted by atomic mass is 9.72. The number of rotatable bonds is 13. The second-order valence-corrected chi connectivity index (χ2v) is 10.9. The summed E-state index contributed by atoms with van der Waals surface area (Å²) >= 11 is 0. The highest BCUT2D eigenvalue weighted by molar-refractivity contribution is 5.82. The van der Waals surface area contributed by atoms with E-state index in [9.17, 15) is 10.4 Å². The van der Waals surface area contributed by atoms with E-state index >= 15 is 0 Å². The van der Waals surface area contributed by atoms with Gasteiger partial charge >= 0.3 is 0 Å². The van der Waals surface area contributed by atoms with Crippen LogP contribution in [0.4, 0.5) is 0 Å². The zero-order chi connectivity index (χ0) is 32.0. The van der Waals surface area contributed by atoms with Gasteiger partial charge in [0.1, 0.15) is 11.4 Å². The van der Waals surface area contributed by atoms with Crippen molar-refractivity contribution in [3.63, 3.8) is 0 Å². The number of aliphatic hydroxyl groups is 1. The van der Waals surface area contributed by atoms with Gasteiger partial charge in [0.2, 0.25) is 23.5 Å². The number of hydrogen-bond donors (Lipinski definition) is 1. The van der Waals surface area contributed by atoms with Crippen LogP contribution in [0.25, 0.3) is 10.9 Å². The Bertz CT molecular complexity index is 1630. The molecule has 44 heavy (non-hydrogen) atoms. The van der Waals surface area contributed by atoms with Gasteiger partial charge in [-0.25, -0.2) is 9.97 Å². The molecule has 2 unspecified atom stereocenters. The van der Waals surface area contributed by atoms with Crippen molar-refractivity contribution in [2.24, 2.45) is 0 Å². The molecule has 11 nitrogen and oxygen atoms in total. The fourth-order valence-corrected chi connectivity index (χ4v) is 5.25. The van der Waals surface area contributed by atoms with E-state index in [4.69, 9.17) is 28.7 Å². The third-order valence-corrected chi connectivity index (χ3v) is 7.29. The van der Waals surface area contributed by atoms with E-state index < -0.39 is 11.5 Å². The van der Waals surface area contributed by atoms with Crippen LogP contribution in [0.1, 0.15) is 48.4 Å². The summed E-state index contributed by atoms with van der Waals surface area (Å²) in [7, 11) is 9.94. The minimum atomic E-state index is -1.66. The van der Waals surface area contributed by atoms with Crippen LogP contribution in [0, 0.1) is 11.3 Å². The molecule has 0 saturated carbocycles. The van der Waals surface area contributed by atoms with E-state index in [1.807, 2.05) is 45.0 Å². The van der Waals surface area contributed by atoms with E-state index in [0.29, 0.717) is 51.3 Å². The average Bonchev–Trinajstić information content (AvgIpc) is 3.02. The van der Waals surface area contributed by atoms with E-state index in [1.165, 1.54) is 28.4 Å². The predicted octanol–water partition coefficient (Wildman–Crippen LogP) is 4.69. The number of pyridine rings is 3. The second-order valence-electron chi connectivity index (χ2n) is 10.9. The summed E-state index contributed by atoms with van der Waals surface area (Å²) in [5, 5.41) is 23.5.